The second-order valence-corrected chi connectivity index (χ2v) is 4.85. The Morgan fingerprint density at radius 2 is 2.23 bits per heavy atom. The van der Waals surface area contributed by atoms with E-state index in [2.05, 4.69) is 49.6 Å². The van der Waals surface area contributed by atoms with Crippen molar-refractivity contribution in [2.75, 3.05) is 0 Å². The highest BCUT2D eigenvalue weighted by atomic mass is 32.1. The van der Waals surface area contributed by atoms with Gasteiger partial charge in [0, 0.05) is 10.3 Å². The summed E-state index contributed by atoms with van der Waals surface area (Å²) >= 11 is 1.84. The lowest BCUT2D eigenvalue weighted by Crippen LogP contribution is -2.16. The molecule has 0 nitrogen and oxygen atoms in total. The van der Waals surface area contributed by atoms with Gasteiger partial charge in [0.25, 0.3) is 0 Å². The highest BCUT2D eigenvalue weighted by molar-refractivity contribution is 7.10. The molecule has 0 aliphatic heterocycles. The molecular weight excluding hydrogens is 176 g/mol. The van der Waals surface area contributed by atoms with Crippen LogP contribution in [-0.4, -0.2) is 0 Å². The van der Waals surface area contributed by atoms with Crippen molar-refractivity contribution in [1.29, 1.82) is 0 Å². The number of thiophene rings is 1. The van der Waals surface area contributed by atoms with Crippen LogP contribution in [0.15, 0.2) is 41.3 Å². The average Bonchev–Trinajstić information content (AvgIpc) is 2.78. The van der Waals surface area contributed by atoms with Gasteiger partial charge in [0.2, 0.25) is 0 Å². The van der Waals surface area contributed by atoms with Crippen LogP contribution in [0.2, 0.25) is 0 Å². The predicted molar refractivity (Wildman–Crippen MR) is 59.2 cm³/mol. The van der Waals surface area contributed by atoms with Crippen molar-refractivity contribution in [2.24, 2.45) is 0 Å². The van der Waals surface area contributed by atoms with E-state index in [4.69, 9.17) is 0 Å². The van der Waals surface area contributed by atoms with Crippen molar-refractivity contribution in [2.45, 2.75) is 25.7 Å². The summed E-state index contributed by atoms with van der Waals surface area (Å²) < 4.78 is 0. The van der Waals surface area contributed by atoms with Gasteiger partial charge in [0.1, 0.15) is 0 Å². The molecule has 0 aromatic carbocycles. The van der Waals surface area contributed by atoms with Crippen molar-refractivity contribution in [3.8, 4) is 0 Å². The van der Waals surface area contributed by atoms with E-state index in [0.29, 0.717) is 0 Å². The molecule has 0 radical (unpaired) electrons. The van der Waals surface area contributed by atoms with Gasteiger partial charge in [-0.15, -0.1) is 11.3 Å². The van der Waals surface area contributed by atoms with E-state index in [-0.39, 0.29) is 5.41 Å². The largest absolute Gasteiger partial charge is 0.148 e. The van der Waals surface area contributed by atoms with Gasteiger partial charge >= 0.3 is 0 Å². The van der Waals surface area contributed by atoms with Gasteiger partial charge in [0.05, 0.1) is 0 Å². The van der Waals surface area contributed by atoms with Crippen LogP contribution in [0.4, 0.5) is 0 Å². The second-order valence-electron chi connectivity index (χ2n) is 3.90. The van der Waals surface area contributed by atoms with Gasteiger partial charge in [-0.05, 0) is 23.4 Å². The van der Waals surface area contributed by atoms with E-state index >= 15 is 0 Å². The average molecular weight is 190 g/mol. The van der Waals surface area contributed by atoms with Gasteiger partial charge in [-0.2, -0.15) is 0 Å². The van der Waals surface area contributed by atoms with Gasteiger partial charge in [-0.25, -0.2) is 0 Å². The van der Waals surface area contributed by atoms with Crippen LogP contribution in [-0.2, 0) is 5.41 Å². The lowest BCUT2D eigenvalue weighted by atomic mass is 9.83. The number of hydrogen-bond acceptors (Lipinski definition) is 1. The van der Waals surface area contributed by atoms with Gasteiger partial charge in [-0.1, -0.05) is 38.1 Å². The van der Waals surface area contributed by atoms with Crippen LogP contribution in [0.25, 0.3) is 0 Å². The predicted octanol–water partition coefficient (Wildman–Crippen LogP) is 3.91. The molecule has 1 aromatic heterocycles. The molecule has 0 fully saturated rings. The maximum atomic E-state index is 2.32. The zero-order valence-corrected chi connectivity index (χ0v) is 8.90. The monoisotopic (exact) mass is 190 g/mol. The zero-order chi connectivity index (χ0) is 9.31. The molecule has 0 unspecified atom stereocenters. The maximum absolute atomic E-state index is 2.32. The standard InChI is InChI=1S/C12H14S/c1-12(2,10-6-3-4-7-10)11-8-5-9-13-11/h3,5-9H,4H2,1-2H3. The van der Waals surface area contributed by atoms with E-state index < -0.39 is 0 Å². The van der Waals surface area contributed by atoms with Crippen molar-refractivity contribution in [1.82, 2.24) is 0 Å². The molecule has 13 heavy (non-hydrogen) atoms. The van der Waals surface area contributed by atoms with E-state index in [9.17, 15) is 0 Å². The molecule has 1 aliphatic rings. The Labute approximate surface area is 83.6 Å². The Bertz CT molecular complexity index is 339. The van der Waals surface area contributed by atoms with Crippen molar-refractivity contribution in [3.63, 3.8) is 0 Å². The van der Waals surface area contributed by atoms with E-state index in [1.807, 2.05) is 11.3 Å². The van der Waals surface area contributed by atoms with Crippen LogP contribution in [0, 0.1) is 0 Å². The normalized spacial score (nSPS) is 16.3. The van der Waals surface area contributed by atoms with Crippen molar-refractivity contribution >= 4 is 11.3 Å². The first kappa shape index (κ1) is 8.76. The summed E-state index contributed by atoms with van der Waals surface area (Å²) in [5.74, 6) is 0. The molecular formula is C12H14S. The van der Waals surface area contributed by atoms with Crippen molar-refractivity contribution < 1.29 is 0 Å². The molecule has 0 bridgehead atoms. The first-order valence-electron chi connectivity index (χ1n) is 4.62. The second kappa shape index (κ2) is 3.15. The van der Waals surface area contributed by atoms with Crippen LogP contribution < -0.4 is 0 Å². The van der Waals surface area contributed by atoms with Gasteiger partial charge in [0.15, 0.2) is 0 Å². The molecule has 1 aliphatic carbocycles. The fourth-order valence-electron chi connectivity index (χ4n) is 1.70. The Kier molecular flexibility index (Phi) is 2.12. The number of allylic oxidation sites excluding steroid dienone is 4. The van der Waals surface area contributed by atoms with Crippen LogP contribution >= 0.6 is 11.3 Å². The van der Waals surface area contributed by atoms with Gasteiger partial charge < -0.3 is 0 Å². The van der Waals surface area contributed by atoms with Crippen molar-refractivity contribution in [3.05, 3.63) is 46.2 Å². The summed E-state index contributed by atoms with van der Waals surface area (Å²) in [5, 5.41) is 2.15. The third kappa shape index (κ3) is 1.49. The van der Waals surface area contributed by atoms with E-state index in [0.717, 1.165) is 6.42 Å². The molecule has 0 spiro atoms. The van der Waals surface area contributed by atoms with Crippen LogP contribution in [0.1, 0.15) is 25.1 Å². The molecule has 2 rings (SSSR count). The highest BCUT2D eigenvalue weighted by Crippen LogP contribution is 2.36. The molecule has 0 amide bonds. The summed E-state index contributed by atoms with van der Waals surface area (Å²) in [6.07, 6.45) is 7.90. The number of rotatable bonds is 2. The minimum Gasteiger partial charge on any atom is -0.148 e. The summed E-state index contributed by atoms with van der Waals surface area (Å²) in [5.41, 5.74) is 1.65. The third-order valence-corrected chi connectivity index (χ3v) is 3.82. The molecule has 1 heterocycles. The van der Waals surface area contributed by atoms with E-state index in [1.165, 1.54) is 10.5 Å². The topological polar surface area (TPSA) is 0 Å². The summed E-state index contributed by atoms with van der Waals surface area (Å²) in [6, 6.07) is 4.35. The molecule has 1 aromatic rings. The quantitative estimate of drug-likeness (QED) is 0.663. The smallest absolute Gasteiger partial charge is 0.0237 e. The fraction of sp³-hybridized carbons (Fsp3) is 0.333. The zero-order valence-electron chi connectivity index (χ0n) is 8.08. The molecule has 0 N–H and O–H groups in total. The van der Waals surface area contributed by atoms with Crippen LogP contribution in [0.5, 0.6) is 0 Å². The SMILES string of the molecule is CC(C)(C1=CCC=C1)c1cccs1. The third-order valence-electron chi connectivity index (χ3n) is 2.63. The fourth-order valence-corrected chi connectivity index (χ4v) is 2.57. The molecule has 0 saturated carbocycles. The lowest BCUT2D eigenvalue weighted by molar-refractivity contribution is 0.655. The Hall–Kier alpha value is -0.820. The summed E-state index contributed by atoms with van der Waals surface area (Å²) in [6.45, 7) is 4.58. The van der Waals surface area contributed by atoms with E-state index in [1.54, 1.807) is 0 Å². The lowest BCUT2D eigenvalue weighted by Gasteiger charge is -2.23. The minimum absolute atomic E-state index is 0.196. The first-order valence-corrected chi connectivity index (χ1v) is 5.50. The summed E-state index contributed by atoms with van der Waals surface area (Å²) in [4.78, 5) is 1.45. The Morgan fingerprint density at radius 3 is 2.77 bits per heavy atom. The Morgan fingerprint density at radius 1 is 1.38 bits per heavy atom. The van der Waals surface area contributed by atoms with Gasteiger partial charge in [-0.3, -0.25) is 0 Å². The first-order chi connectivity index (χ1) is 6.21. The highest BCUT2D eigenvalue weighted by Gasteiger charge is 2.25. The minimum atomic E-state index is 0.196. The molecule has 68 valence electrons. The Balaban J connectivity index is 2.35. The van der Waals surface area contributed by atoms with Crippen LogP contribution in [0.3, 0.4) is 0 Å². The summed E-state index contributed by atoms with van der Waals surface area (Å²) in [7, 11) is 0. The number of hydrogen-bond donors (Lipinski definition) is 0. The molecule has 1 heteroatoms. The maximum Gasteiger partial charge on any atom is 0.0237 e. The molecule has 0 saturated heterocycles. The molecule has 0 atom stereocenters.